The lowest BCUT2D eigenvalue weighted by Crippen LogP contribution is -2.36. The van der Waals surface area contributed by atoms with Crippen LogP contribution in [0.1, 0.15) is 39.7 Å². The molecule has 0 unspecified atom stereocenters. The Bertz CT molecular complexity index is 473. The summed E-state index contributed by atoms with van der Waals surface area (Å²) in [6.45, 7) is 8.60. The van der Waals surface area contributed by atoms with E-state index in [-0.39, 0.29) is 11.1 Å². The van der Waals surface area contributed by atoms with Gasteiger partial charge in [-0.25, -0.2) is 13.2 Å². The first-order chi connectivity index (χ1) is 8.73. The van der Waals surface area contributed by atoms with Gasteiger partial charge in [-0.1, -0.05) is 18.6 Å². The third kappa shape index (κ3) is 5.07. The van der Waals surface area contributed by atoms with Crippen LogP contribution in [0.5, 0.6) is 0 Å². The molecule has 0 bridgehead atoms. The van der Waals surface area contributed by atoms with E-state index in [1.807, 2.05) is 27.7 Å². The highest BCUT2D eigenvalue weighted by Gasteiger charge is 2.11. The fraction of sp³-hybridized carbons (Fsp3) is 0.467. The van der Waals surface area contributed by atoms with Crippen LogP contribution in [0.4, 0.5) is 13.2 Å². The molecule has 1 N–H and O–H groups in total. The van der Waals surface area contributed by atoms with Crippen molar-refractivity contribution in [3.05, 3.63) is 40.7 Å². The monoisotopic (exact) mass is 271 g/mol. The molecule has 0 saturated carbocycles. The van der Waals surface area contributed by atoms with Crippen molar-refractivity contribution in [2.24, 2.45) is 0 Å². The first kappa shape index (κ1) is 15.8. The van der Waals surface area contributed by atoms with E-state index in [1.165, 1.54) is 0 Å². The lowest BCUT2D eigenvalue weighted by molar-refractivity contribution is 0.443. The van der Waals surface area contributed by atoms with Gasteiger partial charge in [0.15, 0.2) is 11.6 Å². The molecule has 0 aliphatic heterocycles. The quantitative estimate of drug-likeness (QED) is 0.806. The summed E-state index contributed by atoms with van der Waals surface area (Å²) >= 11 is 0. The Hall–Kier alpha value is -1.29. The molecule has 0 spiro atoms. The number of nitrogens with one attached hydrogen (secondary N) is 1. The predicted molar refractivity (Wildman–Crippen MR) is 72.3 cm³/mol. The summed E-state index contributed by atoms with van der Waals surface area (Å²) in [7, 11) is 0. The number of benzene rings is 1. The summed E-state index contributed by atoms with van der Waals surface area (Å²) in [5, 5.41) is 3.28. The van der Waals surface area contributed by atoms with Crippen LogP contribution >= 0.6 is 0 Å². The van der Waals surface area contributed by atoms with Crippen molar-refractivity contribution in [1.29, 1.82) is 0 Å². The zero-order chi connectivity index (χ0) is 14.6. The second-order valence-corrected chi connectivity index (χ2v) is 5.55. The lowest BCUT2D eigenvalue weighted by atomic mass is 10.0. The molecule has 0 aliphatic rings. The minimum atomic E-state index is -1.17. The minimum Gasteiger partial charge on any atom is -0.308 e. The van der Waals surface area contributed by atoms with Gasteiger partial charge in [0.25, 0.3) is 0 Å². The van der Waals surface area contributed by atoms with Crippen LogP contribution in [-0.2, 0) is 0 Å². The molecule has 4 heteroatoms. The van der Waals surface area contributed by atoms with Crippen molar-refractivity contribution in [2.45, 2.75) is 39.7 Å². The molecule has 0 saturated heterocycles. The van der Waals surface area contributed by atoms with Crippen LogP contribution in [0.15, 0.2) is 17.7 Å². The molecule has 1 aromatic carbocycles. The zero-order valence-corrected chi connectivity index (χ0v) is 11.8. The van der Waals surface area contributed by atoms with E-state index < -0.39 is 17.5 Å². The average Bonchev–Trinajstić information content (AvgIpc) is 2.29. The highest BCUT2D eigenvalue weighted by Crippen LogP contribution is 2.18. The lowest BCUT2D eigenvalue weighted by Gasteiger charge is -2.21. The molecule has 0 fully saturated rings. The molecule has 0 aromatic heterocycles. The van der Waals surface area contributed by atoms with Gasteiger partial charge < -0.3 is 5.32 Å². The van der Waals surface area contributed by atoms with E-state index in [4.69, 9.17) is 0 Å². The van der Waals surface area contributed by atoms with Gasteiger partial charge in [0.05, 0.1) is 0 Å². The number of hydrogen-bond donors (Lipinski definition) is 1. The molecule has 0 aliphatic carbocycles. The maximum atomic E-state index is 13.5. The fourth-order valence-corrected chi connectivity index (χ4v) is 1.53. The van der Waals surface area contributed by atoms with Crippen LogP contribution < -0.4 is 5.32 Å². The normalized spacial score (nSPS) is 12.9. The van der Waals surface area contributed by atoms with Crippen molar-refractivity contribution >= 4 is 6.08 Å². The maximum absolute atomic E-state index is 13.5. The van der Waals surface area contributed by atoms with Gasteiger partial charge in [-0.3, -0.25) is 0 Å². The second-order valence-electron chi connectivity index (χ2n) is 5.55. The predicted octanol–water partition coefficient (Wildman–Crippen LogP) is 4.29. The Morgan fingerprint density at radius 3 is 2.21 bits per heavy atom. The molecule has 0 heterocycles. The van der Waals surface area contributed by atoms with Crippen LogP contribution in [0.25, 0.3) is 6.08 Å². The van der Waals surface area contributed by atoms with Gasteiger partial charge in [-0.15, -0.1) is 0 Å². The Morgan fingerprint density at radius 1 is 1.11 bits per heavy atom. The van der Waals surface area contributed by atoms with Crippen LogP contribution in [0.2, 0.25) is 0 Å². The Kier molecular flexibility index (Phi) is 5.18. The van der Waals surface area contributed by atoms with Crippen molar-refractivity contribution < 1.29 is 13.2 Å². The smallest absolute Gasteiger partial charge is 0.161 e. The molecule has 0 atom stereocenters. The molecule has 19 heavy (non-hydrogen) atoms. The number of rotatable bonds is 4. The summed E-state index contributed by atoms with van der Waals surface area (Å²) in [4.78, 5) is 0. The summed E-state index contributed by atoms with van der Waals surface area (Å²) in [6.07, 6.45) is 2.28. The highest BCUT2D eigenvalue weighted by molar-refractivity contribution is 5.54. The van der Waals surface area contributed by atoms with Crippen LogP contribution in [-0.4, -0.2) is 12.1 Å². The van der Waals surface area contributed by atoms with Crippen molar-refractivity contribution in [3.8, 4) is 0 Å². The molecule has 1 aromatic rings. The van der Waals surface area contributed by atoms with Crippen LogP contribution in [0.3, 0.4) is 0 Å². The first-order valence-electron chi connectivity index (χ1n) is 6.32. The van der Waals surface area contributed by atoms with Gasteiger partial charge in [0.2, 0.25) is 0 Å². The van der Waals surface area contributed by atoms with Crippen LogP contribution in [0, 0.1) is 17.5 Å². The molecule has 0 radical (unpaired) electrons. The van der Waals surface area contributed by atoms with Gasteiger partial charge in [0.1, 0.15) is 5.82 Å². The maximum Gasteiger partial charge on any atom is 0.161 e. The first-order valence-corrected chi connectivity index (χ1v) is 6.32. The van der Waals surface area contributed by atoms with Gasteiger partial charge >= 0.3 is 0 Å². The molecular weight excluding hydrogens is 251 g/mol. The Labute approximate surface area is 112 Å². The SMILES string of the molecule is CC/C(=C/c1cc(F)c(F)cc1F)CNC(C)(C)C. The zero-order valence-electron chi connectivity index (χ0n) is 11.8. The standard InChI is InChI=1S/C15H20F3N/c1-5-10(9-19-15(2,3)4)6-11-7-13(17)14(18)8-12(11)16/h6-8,19H,5,9H2,1-4H3/b10-6-. The highest BCUT2D eigenvalue weighted by atomic mass is 19.2. The van der Waals surface area contributed by atoms with Gasteiger partial charge in [-0.2, -0.15) is 0 Å². The largest absolute Gasteiger partial charge is 0.308 e. The third-order valence-corrected chi connectivity index (χ3v) is 2.70. The average molecular weight is 271 g/mol. The van der Waals surface area contributed by atoms with Crippen molar-refractivity contribution in [2.75, 3.05) is 6.54 Å². The summed E-state index contributed by atoms with van der Waals surface area (Å²) in [5.41, 5.74) is 0.951. The fourth-order valence-electron chi connectivity index (χ4n) is 1.53. The third-order valence-electron chi connectivity index (χ3n) is 2.70. The van der Waals surface area contributed by atoms with Gasteiger partial charge in [0, 0.05) is 23.7 Å². The number of hydrogen-bond acceptors (Lipinski definition) is 1. The molecular formula is C15H20F3N. The topological polar surface area (TPSA) is 12.0 Å². The summed E-state index contributed by atoms with van der Waals surface area (Å²) in [6, 6.07) is 1.46. The van der Waals surface area contributed by atoms with E-state index >= 15 is 0 Å². The van der Waals surface area contributed by atoms with E-state index in [0.29, 0.717) is 19.0 Å². The van der Waals surface area contributed by atoms with E-state index in [1.54, 1.807) is 6.08 Å². The summed E-state index contributed by atoms with van der Waals surface area (Å²) in [5.74, 6) is -2.95. The Morgan fingerprint density at radius 2 is 1.68 bits per heavy atom. The molecule has 1 nitrogen and oxygen atoms in total. The minimum absolute atomic E-state index is 0.0547. The van der Waals surface area contributed by atoms with Gasteiger partial charge in [-0.05, 0) is 33.3 Å². The molecule has 106 valence electrons. The molecule has 0 amide bonds. The summed E-state index contributed by atoms with van der Waals surface area (Å²) < 4.78 is 39.5. The van der Waals surface area contributed by atoms with E-state index in [2.05, 4.69) is 5.32 Å². The van der Waals surface area contributed by atoms with E-state index in [9.17, 15) is 13.2 Å². The second kappa shape index (κ2) is 6.24. The number of halogens is 3. The van der Waals surface area contributed by atoms with E-state index in [0.717, 1.165) is 11.6 Å². The molecule has 1 rings (SSSR count). The van der Waals surface area contributed by atoms with Crippen molar-refractivity contribution in [1.82, 2.24) is 5.32 Å². The Balaban J connectivity index is 2.95. The van der Waals surface area contributed by atoms with Crippen molar-refractivity contribution in [3.63, 3.8) is 0 Å².